The second-order valence-electron chi connectivity index (χ2n) is 7.40. The summed E-state index contributed by atoms with van der Waals surface area (Å²) in [5.74, 6) is 1.14. The minimum absolute atomic E-state index is 0.0642. The molecule has 0 fully saturated rings. The quantitative estimate of drug-likeness (QED) is 0.535. The van der Waals surface area contributed by atoms with Crippen molar-refractivity contribution in [1.29, 1.82) is 0 Å². The van der Waals surface area contributed by atoms with Gasteiger partial charge in [-0.15, -0.1) is 0 Å². The summed E-state index contributed by atoms with van der Waals surface area (Å²) in [6.45, 7) is 2.02. The molecule has 1 aliphatic heterocycles. The second kappa shape index (κ2) is 8.62. The summed E-state index contributed by atoms with van der Waals surface area (Å²) in [5, 5.41) is 10.3. The van der Waals surface area contributed by atoms with Gasteiger partial charge in [-0.25, -0.2) is 9.98 Å². The molecule has 11 heteroatoms. The molecule has 1 atom stereocenters. The molecule has 0 amide bonds. The van der Waals surface area contributed by atoms with E-state index in [-0.39, 0.29) is 28.4 Å². The van der Waals surface area contributed by atoms with Crippen LogP contribution in [0.25, 0.3) is 5.57 Å². The van der Waals surface area contributed by atoms with Gasteiger partial charge in [-0.2, -0.15) is 23.3 Å². The number of allylic oxidation sites excluding steroid dienone is 1. The number of rotatable bonds is 4. The van der Waals surface area contributed by atoms with Crippen LogP contribution in [0.15, 0.2) is 54.0 Å². The van der Waals surface area contributed by atoms with Gasteiger partial charge < -0.3 is 10.6 Å². The van der Waals surface area contributed by atoms with Crippen molar-refractivity contribution < 1.29 is 13.2 Å². The number of halogens is 4. The van der Waals surface area contributed by atoms with Gasteiger partial charge in [-0.05, 0) is 30.2 Å². The number of nitrogens with one attached hydrogen (secondary N) is 2. The molecule has 1 aliphatic rings. The van der Waals surface area contributed by atoms with Gasteiger partial charge in [0.05, 0.1) is 18.0 Å². The van der Waals surface area contributed by atoms with Crippen molar-refractivity contribution in [3.63, 3.8) is 0 Å². The molecule has 2 aromatic heterocycles. The van der Waals surface area contributed by atoms with Crippen molar-refractivity contribution >= 4 is 40.5 Å². The molecule has 0 radical (unpaired) electrons. The molecule has 0 bridgehead atoms. The number of hydrogen-bond acceptors (Lipinski definition) is 6. The van der Waals surface area contributed by atoms with Crippen LogP contribution in [-0.2, 0) is 13.2 Å². The maximum absolute atomic E-state index is 13.0. The van der Waals surface area contributed by atoms with Crippen molar-refractivity contribution in [2.75, 3.05) is 10.6 Å². The minimum atomic E-state index is -4.45. The lowest BCUT2D eigenvalue weighted by Gasteiger charge is -2.20. The largest absolute Gasteiger partial charge is 0.416 e. The predicted molar refractivity (Wildman–Crippen MR) is 118 cm³/mol. The van der Waals surface area contributed by atoms with Crippen molar-refractivity contribution in [3.8, 4) is 0 Å². The van der Waals surface area contributed by atoms with Gasteiger partial charge in [-0.3, -0.25) is 4.68 Å². The predicted octanol–water partition coefficient (Wildman–Crippen LogP) is 5.52. The SMILES string of the molecule is C[C@@H]1CC(c2cnn(C)c2)=CN=C1Nc1ncc(Cl)c(Nc2cccc(C(F)(F)F)c2)n1. The van der Waals surface area contributed by atoms with E-state index in [1.165, 1.54) is 18.3 Å². The number of alkyl halides is 3. The highest BCUT2D eigenvalue weighted by atomic mass is 35.5. The Morgan fingerprint density at radius 1 is 1.19 bits per heavy atom. The second-order valence-corrected chi connectivity index (χ2v) is 7.80. The molecule has 0 aliphatic carbocycles. The van der Waals surface area contributed by atoms with Crippen LogP contribution in [0.4, 0.5) is 30.6 Å². The fourth-order valence-electron chi connectivity index (χ4n) is 3.23. The molecule has 1 aromatic carbocycles. The van der Waals surface area contributed by atoms with E-state index in [1.54, 1.807) is 17.1 Å². The summed E-state index contributed by atoms with van der Waals surface area (Å²) in [6.07, 6.45) is 3.17. The summed E-state index contributed by atoms with van der Waals surface area (Å²) < 4.78 is 40.7. The Bertz CT molecular complexity index is 1200. The van der Waals surface area contributed by atoms with Crippen LogP contribution in [0, 0.1) is 5.92 Å². The molecule has 3 heterocycles. The molecule has 0 unspecified atom stereocenters. The summed E-state index contributed by atoms with van der Waals surface area (Å²) in [4.78, 5) is 13.0. The molecular formula is C21H19ClF3N7. The third-order valence-corrected chi connectivity index (χ3v) is 5.14. The molecule has 0 saturated carbocycles. The van der Waals surface area contributed by atoms with E-state index >= 15 is 0 Å². The van der Waals surface area contributed by atoms with Gasteiger partial charge in [0.25, 0.3) is 0 Å². The lowest BCUT2D eigenvalue weighted by molar-refractivity contribution is -0.137. The number of aliphatic imine (C=N–C) groups is 1. The maximum atomic E-state index is 13.0. The third kappa shape index (κ3) is 4.91. The van der Waals surface area contributed by atoms with Crippen LogP contribution in [-0.4, -0.2) is 25.6 Å². The van der Waals surface area contributed by atoms with Gasteiger partial charge in [0.2, 0.25) is 5.95 Å². The first-order valence-electron chi connectivity index (χ1n) is 9.68. The molecule has 4 rings (SSSR count). The van der Waals surface area contributed by atoms with Crippen LogP contribution in [0.3, 0.4) is 0 Å². The number of anilines is 3. The highest BCUT2D eigenvalue weighted by molar-refractivity contribution is 6.33. The maximum Gasteiger partial charge on any atom is 0.416 e. The zero-order chi connectivity index (χ0) is 22.9. The Balaban J connectivity index is 1.53. The molecule has 32 heavy (non-hydrogen) atoms. The van der Waals surface area contributed by atoms with Crippen molar-refractivity contribution in [2.24, 2.45) is 18.0 Å². The molecule has 3 aromatic rings. The van der Waals surface area contributed by atoms with Crippen LogP contribution in [0.2, 0.25) is 5.02 Å². The highest BCUT2D eigenvalue weighted by Crippen LogP contribution is 2.32. The van der Waals surface area contributed by atoms with E-state index in [2.05, 4.69) is 30.7 Å². The molecule has 0 spiro atoms. The monoisotopic (exact) mass is 461 g/mol. The van der Waals surface area contributed by atoms with Crippen molar-refractivity contribution in [3.05, 3.63) is 65.2 Å². The van der Waals surface area contributed by atoms with Crippen molar-refractivity contribution in [1.82, 2.24) is 19.7 Å². The number of hydrogen-bond donors (Lipinski definition) is 2. The Morgan fingerprint density at radius 2 is 2.00 bits per heavy atom. The van der Waals surface area contributed by atoms with Gasteiger partial charge >= 0.3 is 6.18 Å². The summed E-state index contributed by atoms with van der Waals surface area (Å²) in [5.41, 5.74) is 1.52. The lowest BCUT2D eigenvalue weighted by atomic mass is 9.95. The topological polar surface area (TPSA) is 80.0 Å². The van der Waals surface area contributed by atoms with Crippen LogP contribution < -0.4 is 10.6 Å². The van der Waals surface area contributed by atoms with E-state index in [1.807, 2.05) is 20.2 Å². The smallest absolute Gasteiger partial charge is 0.339 e. The summed E-state index contributed by atoms with van der Waals surface area (Å²) >= 11 is 6.15. The third-order valence-electron chi connectivity index (χ3n) is 4.86. The Kier molecular flexibility index (Phi) is 5.88. The molecule has 2 N–H and O–H groups in total. The van der Waals surface area contributed by atoms with Gasteiger partial charge in [0.1, 0.15) is 10.9 Å². The number of aromatic nitrogens is 4. The number of amidine groups is 1. The van der Waals surface area contributed by atoms with Crippen LogP contribution >= 0.6 is 11.6 Å². The van der Waals surface area contributed by atoms with Crippen LogP contribution in [0.1, 0.15) is 24.5 Å². The summed E-state index contributed by atoms with van der Waals surface area (Å²) in [7, 11) is 1.86. The highest BCUT2D eigenvalue weighted by Gasteiger charge is 2.30. The number of aryl methyl sites for hydroxylation is 1. The molecule has 7 nitrogen and oxygen atoms in total. The Morgan fingerprint density at radius 3 is 2.69 bits per heavy atom. The Labute approximate surface area is 187 Å². The van der Waals surface area contributed by atoms with Crippen LogP contribution in [0.5, 0.6) is 0 Å². The Hall–Kier alpha value is -3.40. The first-order chi connectivity index (χ1) is 15.2. The van der Waals surface area contributed by atoms with Gasteiger partial charge in [0, 0.05) is 36.6 Å². The summed E-state index contributed by atoms with van der Waals surface area (Å²) in [6, 6.07) is 4.79. The van der Waals surface area contributed by atoms with Gasteiger partial charge in [0.15, 0.2) is 5.82 Å². The first kappa shape index (κ1) is 21.8. The van der Waals surface area contributed by atoms with E-state index in [0.29, 0.717) is 5.84 Å². The fraction of sp³-hybridized carbons (Fsp3) is 0.238. The normalized spacial score (nSPS) is 16.4. The molecule has 0 saturated heterocycles. The first-order valence-corrected chi connectivity index (χ1v) is 10.1. The van der Waals surface area contributed by atoms with E-state index in [4.69, 9.17) is 11.6 Å². The van der Waals surface area contributed by atoms with E-state index < -0.39 is 11.7 Å². The average Bonchev–Trinajstić information content (AvgIpc) is 3.18. The number of benzene rings is 1. The van der Waals surface area contributed by atoms with E-state index in [9.17, 15) is 13.2 Å². The average molecular weight is 462 g/mol. The standard InChI is InChI=1S/C21H19ClF3N7/c1-12-6-13(14-9-28-32(2)11-14)8-26-18(12)30-20-27-10-17(22)19(31-20)29-16-5-3-4-15(7-16)21(23,24)25/h3-5,7-12H,6H2,1-2H3,(H2,26,27,29,30,31)/t12-/m1/s1. The molecular weight excluding hydrogens is 443 g/mol. The van der Waals surface area contributed by atoms with Gasteiger partial charge in [-0.1, -0.05) is 24.6 Å². The fourth-order valence-corrected chi connectivity index (χ4v) is 3.37. The number of nitrogens with zero attached hydrogens (tertiary/aromatic N) is 5. The van der Waals surface area contributed by atoms with Crippen molar-refractivity contribution in [2.45, 2.75) is 19.5 Å². The van der Waals surface area contributed by atoms with E-state index in [0.717, 1.165) is 29.7 Å². The zero-order valence-electron chi connectivity index (χ0n) is 17.2. The zero-order valence-corrected chi connectivity index (χ0v) is 17.9. The minimum Gasteiger partial charge on any atom is -0.339 e. The lowest BCUT2D eigenvalue weighted by Crippen LogP contribution is -2.24. The molecule has 166 valence electrons.